The number of rotatable bonds is 5. The van der Waals surface area contributed by atoms with Crippen molar-refractivity contribution >= 4 is 6.41 Å². The normalized spacial score (nSPS) is 15.9. The number of amides is 1. The number of carbonyl (C=O) groups excluding carboxylic acids is 1. The lowest BCUT2D eigenvalue weighted by Crippen LogP contribution is -2.34. The molecule has 60 valence electrons. The molecule has 0 spiro atoms. The molecule has 0 saturated carbocycles. The van der Waals surface area contributed by atoms with Crippen molar-refractivity contribution in [2.75, 3.05) is 6.61 Å². The Bertz CT molecular complexity index is 95.0. The Labute approximate surface area is 59.9 Å². The SMILES string of the molecule is CC(O)CC(CO)NC=O. The highest BCUT2D eigenvalue weighted by Crippen LogP contribution is 1.94. The smallest absolute Gasteiger partial charge is 0.207 e. The maximum absolute atomic E-state index is 9.85. The minimum absolute atomic E-state index is 0.135. The summed E-state index contributed by atoms with van der Waals surface area (Å²) in [5.41, 5.74) is 0. The standard InChI is InChI=1S/C6H13NO3/c1-5(10)2-6(3-8)7-4-9/h4-6,8,10H,2-3H2,1H3,(H,7,9). The topological polar surface area (TPSA) is 69.6 Å². The molecule has 0 aromatic heterocycles. The Morgan fingerprint density at radius 1 is 1.70 bits per heavy atom. The molecule has 0 bridgehead atoms. The molecule has 0 aromatic rings. The average Bonchev–Trinajstić information content (AvgIpc) is 1.86. The first-order valence-corrected chi connectivity index (χ1v) is 3.19. The molecule has 0 aliphatic carbocycles. The number of hydrogen-bond acceptors (Lipinski definition) is 3. The summed E-state index contributed by atoms with van der Waals surface area (Å²) in [6, 6.07) is -0.322. The van der Waals surface area contributed by atoms with E-state index in [-0.39, 0.29) is 12.6 Å². The van der Waals surface area contributed by atoms with E-state index in [4.69, 9.17) is 10.2 Å². The lowest BCUT2D eigenvalue weighted by molar-refractivity contribution is -0.110. The largest absolute Gasteiger partial charge is 0.394 e. The summed E-state index contributed by atoms with van der Waals surface area (Å²) in [5.74, 6) is 0. The second-order valence-electron chi connectivity index (χ2n) is 2.25. The third-order valence-electron chi connectivity index (χ3n) is 1.15. The quantitative estimate of drug-likeness (QED) is 0.431. The Kier molecular flexibility index (Phi) is 4.88. The van der Waals surface area contributed by atoms with Crippen molar-refractivity contribution in [3.8, 4) is 0 Å². The van der Waals surface area contributed by atoms with Gasteiger partial charge in [0.25, 0.3) is 0 Å². The first-order chi connectivity index (χ1) is 4.70. The summed E-state index contributed by atoms with van der Waals surface area (Å²) in [6.07, 6.45) is 0.406. The van der Waals surface area contributed by atoms with Gasteiger partial charge in [-0.05, 0) is 13.3 Å². The summed E-state index contributed by atoms with van der Waals surface area (Å²) in [5, 5.41) is 19.8. The molecule has 0 aliphatic rings. The molecule has 0 fully saturated rings. The van der Waals surface area contributed by atoms with Crippen LogP contribution < -0.4 is 5.32 Å². The minimum atomic E-state index is -0.496. The van der Waals surface area contributed by atoms with Gasteiger partial charge in [-0.25, -0.2) is 0 Å². The van der Waals surface area contributed by atoms with E-state index in [1.165, 1.54) is 0 Å². The fraction of sp³-hybridized carbons (Fsp3) is 0.833. The molecule has 0 heterocycles. The molecule has 2 unspecified atom stereocenters. The second-order valence-corrected chi connectivity index (χ2v) is 2.25. The van der Waals surface area contributed by atoms with Crippen LogP contribution in [0.2, 0.25) is 0 Å². The van der Waals surface area contributed by atoms with Crippen LogP contribution in [-0.4, -0.2) is 35.4 Å². The first kappa shape index (κ1) is 9.39. The van der Waals surface area contributed by atoms with Crippen molar-refractivity contribution < 1.29 is 15.0 Å². The van der Waals surface area contributed by atoms with Gasteiger partial charge in [-0.1, -0.05) is 0 Å². The molecule has 0 rings (SSSR count). The van der Waals surface area contributed by atoms with Crippen molar-refractivity contribution in [2.24, 2.45) is 0 Å². The van der Waals surface area contributed by atoms with Crippen molar-refractivity contribution in [3.63, 3.8) is 0 Å². The predicted molar refractivity (Wildman–Crippen MR) is 36.4 cm³/mol. The van der Waals surface area contributed by atoms with Gasteiger partial charge in [0.05, 0.1) is 18.8 Å². The van der Waals surface area contributed by atoms with Crippen LogP contribution in [0.1, 0.15) is 13.3 Å². The number of nitrogens with one attached hydrogen (secondary N) is 1. The third kappa shape index (κ3) is 4.29. The minimum Gasteiger partial charge on any atom is -0.394 e. The third-order valence-corrected chi connectivity index (χ3v) is 1.15. The van der Waals surface area contributed by atoms with Gasteiger partial charge < -0.3 is 15.5 Å². The fourth-order valence-corrected chi connectivity index (χ4v) is 0.703. The Balaban J connectivity index is 3.48. The van der Waals surface area contributed by atoms with Gasteiger partial charge in [0.2, 0.25) is 6.41 Å². The molecule has 0 aliphatic heterocycles. The molecular weight excluding hydrogens is 134 g/mol. The summed E-state index contributed by atoms with van der Waals surface area (Å²) < 4.78 is 0. The predicted octanol–water partition coefficient (Wildman–Crippen LogP) is -1.14. The lowest BCUT2D eigenvalue weighted by atomic mass is 10.1. The lowest BCUT2D eigenvalue weighted by Gasteiger charge is -2.13. The molecule has 1 amide bonds. The van der Waals surface area contributed by atoms with Crippen LogP contribution >= 0.6 is 0 Å². The van der Waals surface area contributed by atoms with Gasteiger partial charge in [0.15, 0.2) is 0 Å². The van der Waals surface area contributed by atoms with E-state index in [0.717, 1.165) is 0 Å². The Morgan fingerprint density at radius 2 is 2.30 bits per heavy atom. The molecule has 2 atom stereocenters. The average molecular weight is 147 g/mol. The van der Waals surface area contributed by atoms with Crippen LogP contribution in [0.5, 0.6) is 0 Å². The molecule has 4 heteroatoms. The Morgan fingerprint density at radius 3 is 2.60 bits per heavy atom. The highest BCUT2D eigenvalue weighted by molar-refractivity contribution is 5.46. The molecule has 0 radical (unpaired) electrons. The maximum Gasteiger partial charge on any atom is 0.207 e. The molecule has 10 heavy (non-hydrogen) atoms. The van der Waals surface area contributed by atoms with Gasteiger partial charge in [-0.3, -0.25) is 4.79 Å². The first-order valence-electron chi connectivity index (χ1n) is 3.19. The van der Waals surface area contributed by atoms with Crippen molar-refractivity contribution in [1.29, 1.82) is 0 Å². The zero-order chi connectivity index (χ0) is 7.98. The van der Waals surface area contributed by atoms with Crippen molar-refractivity contribution in [2.45, 2.75) is 25.5 Å². The zero-order valence-electron chi connectivity index (χ0n) is 5.95. The number of aliphatic hydroxyl groups is 2. The molecule has 0 aromatic carbocycles. The molecular formula is C6H13NO3. The summed E-state index contributed by atoms with van der Waals surface area (Å²) in [6.45, 7) is 1.47. The molecule has 4 nitrogen and oxygen atoms in total. The zero-order valence-corrected chi connectivity index (χ0v) is 5.95. The van der Waals surface area contributed by atoms with E-state index in [0.29, 0.717) is 12.8 Å². The fourth-order valence-electron chi connectivity index (χ4n) is 0.703. The van der Waals surface area contributed by atoms with E-state index in [2.05, 4.69) is 5.32 Å². The van der Waals surface area contributed by atoms with Gasteiger partial charge in [0.1, 0.15) is 0 Å². The highest BCUT2D eigenvalue weighted by atomic mass is 16.3. The highest BCUT2D eigenvalue weighted by Gasteiger charge is 2.07. The van der Waals surface area contributed by atoms with Crippen molar-refractivity contribution in [3.05, 3.63) is 0 Å². The van der Waals surface area contributed by atoms with E-state index in [1.807, 2.05) is 0 Å². The number of aliphatic hydroxyl groups excluding tert-OH is 2. The van der Waals surface area contributed by atoms with E-state index in [9.17, 15) is 4.79 Å². The van der Waals surface area contributed by atoms with Crippen LogP contribution in [0.4, 0.5) is 0 Å². The van der Waals surface area contributed by atoms with Gasteiger partial charge in [0, 0.05) is 0 Å². The van der Waals surface area contributed by atoms with E-state index >= 15 is 0 Å². The van der Waals surface area contributed by atoms with Gasteiger partial charge >= 0.3 is 0 Å². The van der Waals surface area contributed by atoms with Crippen LogP contribution in [-0.2, 0) is 4.79 Å². The van der Waals surface area contributed by atoms with Crippen LogP contribution in [0.3, 0.4) is 0 Å². The monoisotopic (exact) mass is 147 g/mol. The summed E-state index contributed by atoms with van der Waals surface area (Å²) in [4.78, 5) is 9.85. The molecule has 0 saturated heterocycles. The van der Waals surface area contributed by atoms with Crippen LogP contribution in [0, 0.1) is 0 Å². The summed E-state index contributed by atoms with van der Waals surface area (Å²) >= 11 is 0. The van der Waals surface area contributed by atoms with Crippen LogP contribution in [0.25, 0.3) is 0 Å². The van der Waals surface area contributed by atoms with Crippen LogP contribution in [0.15, 0.2) is 0 Å². The Hall–Kier alpha value is -0.610. The van der Waals surface area contributed by atoms with Crippen molar-refractivity contribution in [1.82, 2.24) is 5.32 Å². The van der Waals surface area contributed by atoms with Gasteiger partial charge in [-0.2, -0.15) is 0 Å². The molecule has 3 N–H and O–H groups in total. The maximum atomic E-state index is 9.85. The van der Waals surface area contributed by atoms with E-state index in [1.54, 1.807) is 6.92 Å². The number of carbonyl (C=O) groups is 1. The second kappa shape index (κ2) is 5.20. The van der Waals surface area contributed by atoms with E-state index < -0.39 is 6.10 Å². The summed E-state index contributed by atoms with van der Waals surface area (Å²) in [7, 11) is 0. The van der Waals surface area contributed by atoms with Gasteiger partial charge in [-0.15, -0.1) is 0 Å². The number of hydrogen-bond donors (Lipinski definition) is 3.